The van der Waals surface area contributed by atoms with Gasteiger partial charge in [-0.1, -0.05) is 0 Å². The van der Waals surface area contributed by atoms with E-state index in [1.165, 1.54) is 12.1 Å². The van der Waals surface area contributed by atoms with Crippen molar-refractivity contribution in [1.82, 2.24) is 9.97 Å². The molecule has 0 spiro atoms. The zero-order valence-electron chi connectivity index (χ0n) is 19.7. The molecule has 7 heteroatoms. The van der Waals surface area contributed by atoms with Crippen molar-refractivity contribution >= 4 is 22.7 Å². The Bertz CT molecular complexity index is 1070. The van der Waals surface area contributed by atoms with Crippen LogP contribution in [-0.2, 0) is 9.47 Å². The number of rotatable bonds is 7. The second-order valence-corrected chi connectivity index (χ2v) is 8.82. The number of aromatic amines is 1. The molecule has 172 valence electrons. The van der Waals surface area contributed by atoms with Crippen molar-refractivity contribution in [2.75, 3.05) is 18.1 Å². The molecule has 1 amide bonds. The first-order valence-corrected chi connectivity index (χ1v) is 10.9. The molecule has 1 N–H and O–H groups in total. The van der Waals surface area contributed by atoms with Crippen LogP contribution in [0.3, 0.4) is 0 Å². The SMILES string of the molecule is CCOCCC(c1nccc2c(C)c(C)[nH]c12)N(C(=O)OC(C)(C)C)c1ccc(F)cc1. The summed E-state index contributed by atoms with van der Waals surface area (Å²) in [6, 6.07) is 7.32. The highest BCUT2D eigenvalue weighted by molar-refractivity contribution is 5.91. The zero-order chi connectivity index (χ0) is 23.5. The van der Waals surface area contributed by atoms with Crippen molar-refractivity contribution in [2.45, 2.75) is 59.6 Å². The molecule has 0 saturated carbocycles. The number of carbonyl (C=O) groups is 1. The summed E-state index contributed by atoms with van der Waals surface area (Å²) in [5, 5.41) is 1.05. The van der Waals surface area contributed by atoms with Gasteiger partial charge < -0.3 is 14.5 Å². The number of hydrogen-bond donors (Lipinski definition) is 1. The molecule has 0 aliphatic rings. The molecule has 0 fully saturated rings. The maximum atomic E-state index is 13.7. The van der Waals surface area contributed by atoms with Crippen molar-refractivity contribution in [2.24, 2.45) is 0 Å². The van der Waals surface area contributed by atoms with Gasteiger partial charge in [0.15, 0.2) is 0 Å². The van der Waals surface area contributed by atoms with Crippen LogP contribution >= 0.6 is 0 Å². The Morgan fingerprint density at radius 3 is 2.50 bits per heavy atom. The molecule has 6 nitrogen and oxygen atoms in total. The van der Waals surface area contributed by atoms with E-state index in [4.69, 9.17) is 9.47 Å². The van der Waals surface area contributed by atoms with Gasteiger partial charge in [0.25, 0.3) is 0 Å². The van der Waals surface area contributed by atoms with Gasteiger partial charge in [0.05, 0.1) is 17.3 Å². The van der Waals surface area contributed by atoms with Crippen LogP contribution in [0.15, 0.2) is 36.5 Å². The van der Waals surface area contributed by atoms with E-state index in [0.29, 0.717) is 31.0 Å². The van der Waals surface area contributed by atoms with Gasteiger partial charge in [0.2, 0.25) is 0 Å². The van der Waals surface area contributed by atoms with Crippen molar-refractivity contribution in [1.29, 1.82) is 0 Å². The number of pyridine rings is 1. The Morgan fingerprint density at radius 1 is 1.19 bits per heavy atom. The fraction of sp³-hybridized carbons (Fsp3) is 0.440. The molecule has 3 aromatic rings. The number of ether oxygens (including phenoxy) is 2. The van der Waals surface area contributed by atoms with Crippen LogP contribution in [0, 0.1) is 19.7 Å². The van der Waals surface area contributed by atoms with Gasteiger partial charge in [-0.25, -0.2) is 9.18 Å². The minimum absolute atomic E-state index is 0.375. The average Bonchev–Trinajstić information content (AvgIpc) is 3.01. The highest BCUT2D eigenvalue weighted by Gasteiger charge is 2.33. The number of aromatic nitrogens is 2. The van der Waals surface area contributed by atoms with Crippen LogP contribution in [-0.4, -0.2) is 34.9 Å². The van der Waals surface area contributed by atoms with Gasteiger partial charge in [-0.2, -0.15) is 0 Å². The third kappa shape index (κ3) is 5.27. The molecule has 1 atom stereocenters. The third-order valence-electron chi connectivity index (χ3n) is 5.32. The molecule has 0 bridgehead atoms. The number of fused-ring (bicyclic) bond motifs is 1. The van der Waals surface area contributed by atoms with E-state index in [-0.39, 0.29) is 5.82 Å². The summed E-state index contributed by atoms with van der Waals surface area (Å²) in [6.07, 6.45) is 1.72. The lowest BCUT2D eigenvalue weighted by Gasteiger charge is -2.33. The maximum Gasteiger partial charge on any atom is 0.415 e. The van der Waals surface area contributed by atoms with Crippen molar-refractivity contribution in [3.05, 3.63) is 59.3 Å². The van der Waals surface area contributed by atoms with E-state index in [0.717, 1.165) is 22.2 Å². The van der Waals surface area contributed by atoms with Gasteiger partial charge in [-0.05, 0) is 83.9 Å². The standard InChI is InChI=1S/C25H32FN3O3/c1-7-31-15-13-21(23-22-20(12-14-27-23)16(2)17(3)28-22)29(24(30)32-25(4,5)6)19-10-8-18(26)9-11-19/h8-12,14,21,28H,7,13,15H2,1-6H3. The number of hydrogen-bond acceptors (Lipinski definition) is 4. The van der Waals surface area contributed by atoms with E-state index >= 15 is 0 Å². The number of H-pyrrole nitrogens is 1. The van der Waals surface area contributed by atoms with Gasteiger partial charge in [-0.3, -0.25) is 9.88 Å². The van der Waals surface area contributed by atoms with E-state index < -0.39 is 17.7 Å². The lowest BCUT2D eigenvalue weighted by molar-refractivity contribution is 0.0553. The Labute approximate surface area is 188 Å². The number of benzene rings is 1. The molecule has 3 rings (SSSR count). The summed E-state index contributed by atoms with van der Waals surface area (Å²) in [5.41, 5.74) is 3.61. The van der Waals surface area contributed by atoms with Crippen molar-refractivity contribution in [3.8, 4) is 0 Å². The highest BCUT2D eigenvalue weighted by Crippen LogP contribution is 2.35. The maximum absolute atomic E-state index is 13.7. The van der Waals surface area contributed by atoms with E-state index in [1.807, 2.05) is 40.7 Å². The third-order valence-corrected chi connectivity index (χ3v) is 5.32. The predicted molar refractivity (Wildman–Crippen MR) is 125 cm³/mol. The smallest absolute Gasteiger partial charge is 0.415 e. The average molecular weight is 442 g/mol. The first-order chi connectivity index (χ1) is 15.1. The Morgan fingerprint density at radius 2 is 1.88 bits per heavy atom. The van der Waals surface area contributed by atoms with Gasteiger partial charge in [0, 0.05) is 36.2 Å². The Kier molecular flexibility index (Phi) is 7.19. The highest BCUT2D eigenvalue weighted by atomic mass is 19.1. The van der Waals surface area contributed by atoms with E-state index in [1.54, 1.807) is 23.2 Å². The molecule has 2 aromatic heterocycles. The number of nitrogens with one attached hydrogen (secondary N) is 1. The summed E-state index contributed by atoms with van der Waals surface area (Å²) in [4.78, 5) is 23.1. The summed E-state index contributed by atoms with van der Waals surface area (Å²) >= 11 is 0. The number of carbonyl (C=O) groups excluding carboxylic acids is 1. The second-order valence-electron chi connectivity index (χ2n) is 8.82. The minimum Gasteiger partial charge on any atom is -0.443 e. The topological polar surface area (TPSA) is 67.5 Å². The second kappa shape index (κ2) is 9.69. The van der Waals surface area contributed by atoms with Crippen molar-refractivity contribution in [3.63, 3.8) is 0 Å². The van der Waals surface area contributed by atoms with Crippen LogP contribution in [0.4, 0.5) is 14.9 Å². The molecule has 1 aromatic carbocycles. The molecule has 0 saturated heterocycles. The zero-order valence-corrected chi connectivity index (χ0v) is 19.7. The summed E-state index contributed by atoms with van der Waals surface area (Å²) in [5.74, 6) is -0.375. The molecule has 0 radical (unpaired) electrons. The lowest BCUT2D eigenvalue weighted by Crippen LogP contribution is -2.40. The van der Waals surface area contributed by atoms with Crippen LogP contribution in [0.25, 0.3) is 10.9 Å². The van der Waals surface area contributed by atoms with E-state index in [9.17, 15) is 9.18 Å². The predicted octanol–water partition coefficient (Wildman–Crippen LogP) is 6.23. The van der Waals surface area contributed by atoms with Crippen LogP contribution in [0.2, 0.25) is 0 Å². The molecular weight excluding hydrogens is 409 g/mol. The first-order valence-electron chi connectivity index (χ1n) is 10.9. The summed E-state index contributed by atoms with van der Waals surface area (Å²) in [6.45, 7) is 12.4. The van der Waals surface area contributed by atoms with E-state index in [2.05, 4.69) is 16.9 Å². The number of anilines is 1. The van der Waals surface area contributed by atoms with Gasteiger partial charge in [-0.15, -0.1) is 0 Å². The van der Waals surface area contributed by atoms with Crippen LogP contribution in [0.1, 0.15) is 57.1 Å². The number of aryl methyl sites for hydroxylation is 2. The summed E-state index contributed by atoms with van der Waals surface area (Å²) in [7, 11) is 0. The van der Waals surface area contributed by atoms with Crippen LogP contribution in [0.5, 0.6) is 0 Å². The molecule has 2 heterocycles. The monoisotopic (exact) mass is 441 g/mol. The summed E-state index contributed by atoms with van der Waals surface area (Å²) < 4.78 is 25.1. The largest absolute Gasteiger partial charge is 0.443 e. The van der Waals surface area contributed by atoms with Crippen molar-refractivity contribution < 1.29 is 18.7 Å². The fourth-order valence-electron chi connectivity index (χ4n) is 3.71. The molecule has 0 aliphatic carbocycles. The molecule has 32 heavy (non-hydrogen) atoms. The fourth-order valence-corrected chi connectivity index (χ4v) is 3.71. The lowest BCUT2D eigenvalue weighted by atomic mass is 10.0. The van der Waals surface area contributed by atoms with Gasteiger partial charge >= 0.3 is 6.09 Å². The minimum atomic E-state index is -0.696. The number of nitrogens with zero attached hydrogens (tertiary/aromatic N) is 2. The number of amides is 1. The normalized spacial score (nSPS) is 12.7. The number of halogens is 1. The van der Waals surface area contributed by atoms with Crippen LogP contribution < -0.4 is 4.90 Å². The molecule has 0 aliphatic heterocycles. The Balaban J connectivity index is 2.17. The molecular formula is C25H32FN3O3. The quantitative estimate of drug-likeness (QED) is 0.442. The molecule has 1 unspecified atom stereocenters. The van der Waals surface area contributed by atoms with Gasteiger partial charge in [0.1, 0.15) is 11.4 Å². The Hall–Kier alpha value is -2.93. The first kappa shape index (κ1) is 23.7.